The van der Waals surface area contributed by atoms with Gasteiger partial charge in [0.1, 0.15) is 0 Å². The lowest BCUT2D eigenvalue weighted by Crippen LogP contribution is -2.14. The fourth-order valence-electron chi connectivity index (χ4n) is 1.10. The molecule has 0 bridgehead atoms. The Labute approximate surface area is 95.3 Å². The molecule has 0 heterocycles. The van der Waals surface area contributed by atoms with Crippen molar-refractivity contribution < 1.29 is 32.5 Å². The predicted octanol–water partition coefficient (Wildman–Crippen LogP) is -0.338. The van der Waals surface area contributed by atoms with E-state index in [0.717, 1.165) is 12.1 Å². The molecule has 0 fully saturated rings. The molecular formula is C8H7NO7S. The SMILES string of the molecule is NOS(=O)(=O)c1ccc(C(=O)O)c(C(=O)O)c1. The molecule has 1 aromatic carbocycles. The molecule has 0 aliphatic rings. The highest BCUT2D eigenvalue weighted by atomic mass is 32.2. The summed E-state index contributed by atoms with van der Waals surface area (Å²) in [5, 5.41) is 17.4. The Balaban J connectivity index is 3.49. The molecule has 8 nitrogen and oxygen atoms in total. The average molecular weight is 261 g/mol. The van der Waals surface area contributed by atoms with Gasteiger partial charge in [-0.05, 0) is 18.2 Å². The van der Waals surface area contributed by atoms with Crippen LogP contribution in [0.2, 0.25) is 0 Å². The first-order valence-corrected chi connectivity index (χ1v) is 5.44. The maximum Gasteiger partial charge on any atom is 0.336 e. The topological polar surface area (TPSA) is 144 Å². The van der Waals surface area contributed by atoms with Gasteiger partial charge in [-0.3, -0.25) is 0 Å². The van der Waals surface area contributed by atoms with Crippen LogP contribution in [0.15, 0.2) is 23.1 Å². The summed E-state index contributed by atoms with van der Waals surface area (Å²) in [6.07, 6.45) is 0. The van der Waals surface area contributed by atoms with E-state index in [9.17, 15) is 18.0 Å². The molecule has 0 radical (unpaired) electrons. The number of carboxylic acids is 2. The van der Waals surface area contributed by atoms with Gasteiger partial charge in [-0.25, -0.2) is 9.59 Å². The van der Waals surface area contributed by atoms with Crippen LogP contribution in [0.1, 0.15) is 20.7 Å². The van der Waals surface area contributed by atoms with Crippen molar-refractivity contribution in [3.8, 4) is 0 Å². The van der Waals surface area contributed by atoms with E-state index in [1.165, 1.54) is 0 Å². The number of hydrogen-bond acceptors (Lipinski definition) is 6. The molecule has 0 atom stereocenters. The monoisotopic (exact) mass is 261 g/mol. The average Bonchev–Trinajstić information content (AvgIpc) is 2.28. The molecule has 0 spiro atoms. The number of hydrogen-bond donors (Lipinski definition) is 3. The van der Waals surface area contributed by atoms with E-state index in [-0.39, 0.29) is 0 Å². The van der Waals surface area contributed by atoms with Crippen LogP contribution in [0.5, 0.6) is 0 Å². The standard InChI is InChI=1S/C8H7NO7S/c9-16-17(14,15)4-1-2-5(7(10)11)6(3-4)8(12)13/h1-3H,9H2,(H,10,11)(H,12,13). The summed E-state index contributed by atoms with van der Waals surface area (Å²) in [5.74, 6) is 1.45. The Hall–Kier alpha value is -1.97. The van der Waals surface area contributed by atoms with Gasteiger partial charge in [0.2, 0.25) is 0 Å². The highest BCUT2D eigenvalue weighted by Gasteiger charge is 2.21. The van der Waals surface area contributed by atoms with Crippen molar-refractivity contribution in [2.24, 2.45) is 5.90 Å². The molecule has 9 heteroatoms. The zero-order valence-electron chi connectivity index (χ0n) is 8.15. The minimum Gasteiger partial charge on any atom is -0.478 e. The van der Waals surface area contributed by atoms with Crippen LogP contribution in [0.4, 0.5) is 0 Å². The van der Waals surface area contributed by atoms with E-state index < -0.39 is 38.1 Å². The molecule has 0 aliphatic heterocycles. The lowest BCUT2D eigenvalue weighted by Gasteiger charge is -2.04. The minimum atomic E-state index is -4.28. The van der Waals surface area contributed by atoms with Gasteiger partial charge in [-0.2, -0.15) is 18.6 Å². The summed E-state index contributed by atoms with van der Waals surface area (Å²) in [6.45, 7) is 0. The van der Waals surface area contributed by atoms with Crippen molar-refractivity contribution in [1.29, 1.82) is 0 Å². The van der Waals surface area contributed by atoms with Crippen molar-refractivity contribution in [1.82, 2.24) is 0 Å². The summed E-state index contributed by atoms with van der Waals surface area (Å²) in [6, 6.07) is 2.39. The number of carbonyl (C=O) groups is 2. The van der Waals surface area contributed by atoms with Crippen LogP contribution in [0.25, 0.3) is 0 Å². The Kier molecular flexibility index (Phi) is 3.46. The van der Waals surface area contributed by atoms with Crippen LogP contribution in [-0.4, -0.2) is 30.6 Å². The second-order valence-electron chi connectivity index (χ2n) is 2.87. The van der Waals surface area contributed by atoms with Crippen molar-refractivity contribution >= 4 is 22.1 Å². The Morgan fingerprint density at radius 3 is 2.06 bits per heavy atom. The predicted molar refractivity (Wildman–Crippen MR) is 52.8 cm³/mol. The van der Waals surface area contributed by atoms with Crippen molar-refractivity contribution in [2.45, 2.75) is 4.90 Å². The second-order valence-corrected chi connectivity index (χ2v) is 4.44. The molecule has 1 aromatic rings. The second kappa shape index (κ2) is 4.49. The normalized spacial score (nSPS) is 11.1. The molecule has 0 saturated heterocycles. The Bertz CT molecular complexity index is 578. The summed E-state index contributed by atoms with van der Waals surface area (Å²) in [7, 11) is -4.28. The quantitative estimate of drug-likeness (QED) is 0.624. The summed E-state index contributed by atoms with van der Waals surface area (Å²) < 4.78 is 26.0. The molecule has 4 N–H and O–H groups in total. The number of carboxylic acid groups (broad SMARTS) is 2. The first-order chi connectivity index (χ1) is 7.79. The molecule has 0 aliphatic carbocycles. The van der Waals surface area contributed by atoms with E-state index in [2.05, 4.69) is 10.2 Å². The Morgan fingerprint density at radius 1 is 1.12 bits per heavy atom. The fourth-order valence-corrected chi connectivity index (χ4v) is 1.71. The molecule has 0 amide bonds. The highest BCUT2D eigenvalue weighted by molar-refractivity contribution is 7.86. The van der Waals surface area contributed by atoms with E-state index in [0.29, 0.717) is 6.07 Å². The molecule has 0 saturated carbocycles. The van der Waals surface area contributed by atoms with Crippen LogP contribution in [-0.2, 0) is 14.4 Å². The van der Waals surface area contributed by atoms with Gasteiger partial charge >= 0.3 is 22.1 Å². The van der Waals surface area contributed by atoms with E-state index >= 15 is 0 Å². The summed E-state index contributed by atoms with van der Waals surface area (Å²) >= 11 is 0. The van der Waals surface area contributed by atoms with Gasteiger partial charge in [-0.1, -0.05) is 0 Å². The lowest BCUT2D eigenvalue weighted by molar-refractivity contribution is 0.0651. The van der Waals surface area contributed by atoms with Crippen LogP contribution < -0.4 is 5.90 Å². The summed E-state index contributed by atoms with van der Waals surface area (Å²) in [5.41, 5.74) is -1.20. The minimum absolute atomic E-state index is 0.534. The third-order valence-electron chi connectivity index (χ3n) is 1.87. The number of aromatic carboxylic acids is 2. The van der Waals surface area contributed by atoms with Crippen LogP contribution in [0.3, 0.4) is 0 Å². The third-order valence-corrected chi connectivity index (χ3v) is 2.95. The van der Waals surface area contributed by atoms with Crippen molar-refractivity contribution in [3.05, 3.63) is 29.3 Å². The van der Waals surface area contributed by atoms with Gasteiger partial charge in [0.25, 0.3) is 0 Å². The summed E-state index contributed by atoms with van der Waals surface area (Å²) in [4.78, 5) is 20.9. The maximum atomic E-state index is 11.2. The molecule has 1 rings (SSSR count). The van der Waals surface area contributed by atoms with E-state index in [1.807, 2.05) is 0 Å². The number of rotatable bonds is 4. The maximum absolute atomic E-state index is 11.2. The number of nitrogens with two attached hydrogens (primary N) is 1. The smallest absolute Gasteiger partial charge is 0.336 e. The van der Waals surface area contributed by atoms with Gasteiger partial charge in [-0.15, -0.1) is 0 Å². The van der Waals surface area contributed by atoms with Crippen molar-refractivity contribution in [3.63, 3.8) is 0 Å². The van der Waals surface area contributed by atoms with Gasteiger partial charge in [0.15, 0.2) is 0 Å². The van der Waals surface area contributed by atoms with Crippen molar-refractivity contribution in [2.75, 3.05) is 0 Å². The zero-order valence-corrected chi connectivity index (χ0v) is 8.97. The number of benzene rings is 1. The molecule has 92 valence electrons. The van der Waals surface area contributed by atoms with Crippen LogP contribution in [0, 0.1) is 0 Å². The lowest BCUT2D eigenvalue weighted by atomic mass is 10.1. The molecular weight excluding hydrogens is 254 g/mol. The van der Waals surface area contributed by atoms with E-state index in [4.69, 9.17) is 10.2 Å². The van der Waals surface area contributed by atoms with Gasteiger partial charge in [0.05, 0.1) is 16.0 Å². The first kappa shape index (κ1) is 13.1. The largest absolute Gasteiger partial charge is 0.478 e. The highest BCUT2D eigenvalue weighted by Crippen LogP contribution is 2.17. The molecule has 0 aromatic heterocycles. The first-order valence-electron chi connectivity index (χ1n) is 4.03. The van der Waals surface area contributed by atoms with Crippen LogP contribution >= 0.6 is 0 Å². The van der Waals surface area contributed by atoms with Gasteiger partial charge < -0.3 is 10.2 Å². The van der Waals surface area contributed by atoms with E-state index in [1.54, 1.807) is 0 Å². The zero-order chi connectivity index (χ0) is 13.2. The van der Waals surface area contributed by atoms with Gasteiger partial charge in [0, 0.05) is 0 Å². The Morgan fingerprint density at radius 2 is 1.65 bits per heavy atom. The third kappa shape index (κ3) is 2.58. The molecule has 0 unspecified atom stereocenters. The molecule has 17 heavy (non-hydrogen) atoms. The fraction of sp³-hybridized carbons (Fsp3) is 0.